The minimum Gasteiger partial charge on any atom is -0.375 e. The van der Waals surface area contributed by atoms with Crippen LogP contribution in [0.3, 0.4) is 0 Å². The molecule has 0 saturated heterocycles. The average Bonchev–Trinajstić information content (AvgIpc) is 2.68. The molecule has 0 spiro atoms. The fraction of sp³-hybridized carbons (Fsp3) is 0.333. The molecule has 2 N–H and O–H groups in total. The van der Waals surface area contributed by atoms with E-state index >= 15 is 0 Å². The number of carbonyl (C=O) groups excluding carboxylic acids is 2. The molecular formula is C21H24FN3O2. The molecule has 27 heavy (non-hydrogen) atoms. The summed E-state index contributed by atoms with van der Waals surface area (Å²) in [4.78, 5) is 24.8. The molecule has 0 saturated carbocycles. The molecule has 2 aliphatic heterocycles. The summed E-state index contributed by atoms with van der Waals surface area (Å²) in [7, 11) is 2.06. The van der Waals surface area contributed by atoms with Crippen LogP contribution in [-0.2, 0) is 12.8 Å². The third-order valence-corrected chi connectivity index (χ3v) is 4.92. The van der Waals surface area contributed by atoms with Crippen molar-refractivity contribution in [3.63, 3.8) is 0 Å². The van der Waals surface area contributed by atoms with Crippen molar-refractivity contribution in [3.05, 3.63) is 64.5 Å². The Morgan fingerprint density at radius 2 is 1.48 bits per heavy atom. The summed E-state index contributed by atoms with van der Waals surface area (Å²) in [6.07, 6.45) is 1.66. The molecule has 2 aliphatic rings. The molecule has 6 heteroatoms. The van der Waals surface area contributed by atoms with Crippen molar-refractivity contribution in [2.45, 2.75) is 19.8 Å². The van der Waals surface area contributed by atoms with Crippen LogP contribution in [0.15, 0.2) is 36.4 Å². The number of benzene rings is 2. The van der Waals surface area contributed by atoms with E-state index < -0.39 is 0 Å². The van der Waals surface area contributed by atoms with Gasteiger partial charge in [0.2, 0.25) is 0 Å². The number of nitrogens with one attached hydrogen (secondary N) is 2. The molecule has 0 bridgehead atoms. The van der Waals surface area contributed by atoms with Gasteiger partial charge in [-0.25, -0.2) is 4.39 Å². The second-order valence-corrected chi connectivity index (χ2v) is 6.67. The fourth-order valence-corrected chi connectivity index (χ4v) is 3.23. The van der Waals surface area contributed by atoms with Crippen molar-refractivity contribution >= 4 is 17.5 Å². The molecule has 0 radical (unpaired) electrons. The summed E-state index contributed by atoms with van der Waals surface area (Å²) in [5.41, 5.74) is 4.58. The minimum atomic E-state index is -0.275. The number of halogens is 1. The molecular weight excluding hydrogens is 345 g/mol. The van der Waals surface area contributed by atoms with Crippen LogP contribution in [0.4, 0.5) is 10.1 Å². The first-order valence-electron chi connectivity index (χ1n) is 9.18. The topological polar surface area (TPSA) is 61.4 Å². The molecule has 142 valence electrons. The van der Waals surface area contributed by atoms with Crippen molar-refractivity contribution < 1.29 is 14.0 Å². The van der Waals surface area contributed by atoms with Crippen LogP contribution in [0.2, 0.25) is 0 Å². The number of amides is 2. The van der Waals surface area contributed by atoms with Crippen LogP contribution in [0.25, 0.3) is 0 Å². The van der Waals surface area contributed by atoms with E-state index in [4.69, 9.17) is 0 Å². The highest BCUT2D eigenvalue weighted by Gasteiger charge is 2.17. The van der Waals surface area contributed by atoms with Crippen LogP contribution in [-0.4, -0.2) is 38.5 Å². The standard InChI is InChI=1S/C12H16N2O.C9H8FNO/c1-3-14(2)10-4-5-11-9(8-10)6-7-13-12(11)15;10-7-1-2-8-6(5-7)3-4-11-9(8)12/h4-5,8H,3,6-7H2,1-2H3,(H,13,15);1-2,5H,3-4H2,(H,11,12). The minimum absolute atomic E-state index is 0.0574. The van der Waals surface area contributed by atoms with Gasteiger partial charge in [0.25, 0.3) is 11.8 Å². The maximum atomic E-state index is 12.7. The zero-order valence-electron chi connectivity index (χ0n) is 15.6. The van der Waals surface area contributed by atoms with Gasteiger partial charge >= 0.3 is 0 Å². The first kappa shape index (κ1) is 18.9. The lowest BCUT2D eigenvalue weighted by atomic mass is 9.99. The van der Waals surface area contributed by atoms with Gasteiger partial charge in [0.1, 0.15) is 5.82 Å². The molecule has 5 nitrogen and oxygen atoms in total. The Kier molecular flexibility index (Phi) is 5.74. The van der Waals surface area contributed by atoms with Crippen LogP contribution in [0.1, 0.15) is 38.8 Å². The van der Waals surface area contributed by atoms with E-state index in [9.17, 15) is 14.0 Å². The van der Waals surface area contributed by atoms with Crippen LogP contribution < -0.4 is 15.5 Å². The summed E-state index contributed by atoms with van der Waals surface area (Å²) in [6.45, 7) is 4.46. The molecule has 0 fully saturated rings. The summed E-state index contributed by atoms with van der Waals surface area (Å²) in [6, 6.07) is 10.3. The maximum Gasteiger partial charge on any atom is 0.251 e. The number of hydrogen-bond acceptors (Lipinski definition) is 3. The monoisotopic (exact) mass is 369 g/mol. The van der Waals surface area contributed by atoms with Crippen LogP contribution >= 0.6 is 0 Å². The van der Waals surface area contributed by atoms with Crippen LogP contribution in [0, 0.1) is 5.82 Å². The number of carbonyl (C=O) groups is 2. The van der Waals surface area contributed by atoms with Crippen molar-refractivity contribution in [2.24, 2.45) is 0 Å². The summed E-state index contributed by atoms with van der Waals surface area (Å²) < 4.78 is 12.7. The SMILES string of the molecule is CCN(C)c1ccc2c(c1)CCNC2=O.O=C1NCCc2cc(F)ccc21. The molecule has 2 heterocycles. The van der Waals surface area contributed by atoms with Gasteiger partial charge in [-0.1, -0.05) is 0 Å². The van der Waals surface area contributed by atoms with E-state index in [0.717, 1.165) is 42.6 Å². The predicted molar refractivity (Wildman–Crippen MR) is 104 cm³/mol. The summed E-state index contributed by atoms with van der Waals surface area (Å²) in [5.74, 6) is -0.318. The average molecular weight is 369 g/mol. The van der Waals surface area contributed by atoms with Gasteiger partial charge in [-0.3, -0.25) is 9.59 Å². The Labute approximate surface area is 158 Å². The Bertz CT molecular complexity index is 867. The predicted octanol–water partition coefficient (Wildman–Crippen LogP) is 2.54. The van der Waals surface area contributed by atoms with E-state index in [2.05, 4.69) is 35.6 Å². The van der Waals surface area contributed by atoms with Gasteiger partial charge in [-0.2, -0.15) is 0 Å². The Morgan fingerprint density at radius 1 is 0.926 bits per heavy atom. The highest BCUT2D eigenvalue weighted by Crippen LogP contribution is 2.21. The Hall–Kier alpha value is -2.89. The second kappa shape index (κ2) is 8.20. The lowest BCUT2D eigenvalue weighted by Gasteiger charge is -2.21. The quantitative estimate of drug-likeness (QED) is 0.855. The van der Waals surface area contributed by atoms with Gasteiger partial charge in [-0.05, 0) is 67.3 Å². The lowest BCUT2D eigenvalue weighted by Crippen LogP contribution is -2.32. The molecule has 0 aromatic heterocycles. The number of nitrogens with zero attached hydrogens (tertiary/aromatic N) is 1. The van der Waals surface area contributed by atoms with E-state index in [1.807, 2.05) is 12.1 Å². The molecule has 2 amide bonds. The fourth-order valence-electron chi connectivity index (χ4n) is 3.23. The highest BCUT2D eigenvalue weighted by atomic mass is 19.1. The van der Waals surface area contributed by atoms with E-state index in [1.165, 1.54) is 23.9 Å². The van der Waals surface area contributed by atoms with E-state index in [-0.39, 0.29) is 17.6 Å². The maximum absolute atomic E-state index is 12.7. The first-order chi connectivity index (χ1) is 13.0. The van der Waals surface area contributed by atoms with Gasteiger partial charge in [0, 0.05) is 43.5 Å². The van der Waals surface area contributed by atoms with Crippen LogP contribution in [0.5, 0.6) is 0 Å². The van der Waals surface area contributed by atoms with Crippen molar-refractivity contribution in [1.82, 2.24) is 10.6 Å². The molecule has 4 rings (SSSR count). The number of hydrogen-bond donors (Lipinski definition) is 2. The lowest BCUT2D eigenvalue weighted by molar-refractivity contribution is 0.0937. The Balaban J connectivity index is 0.000000159. The number of anilines is 1. The van der Waals surface area contributed by atoms with E-state index in [1.54, 1.807) is 0 Å². The van der Waals surface area contributed by atoms with Crippen molar-refractivity contribution in [1.29, 1.82) is 0 Å². The molecule has 0 unspecified atom stereocenters. The molecule has 0 atom stereocenters. The third kappa shape index (κ3) is 4.27. The molecule has 2 aromatic rings. The van der Waals surface area contributed by atoms with Gasteiger partial charge in [-0.15, -0.1) is 0 Å². The zero-order valence-corrected chi connectivity index (χ0v) is 15.6. The second-order valence-electron chi connectivity index (χ2n) is 6.67. The molecule has 0 aliphatic carbocycles. The zero-order chi connectivity index (χ0) is 19.4. The number of fused-ring (bicyclic) bond motifs is 2. The van der Waals surface area contributed by atoms with Gasteiger partial charge in [0.15, 0.2) is 0 Å². The normalized spacial score (nSPS) is 14.8. The van der Waals surface area contributed by atoms with E-state index in [0.29, 0.717) is 12.1 Å². The number of rotatable bonds is 2. The van der Waals surface area contributed by atoms with Crippen molar-refractivity contribution in [3.8, 4) is 0 Å². The smallest absolute Gasteiger partial charge is 0.251 e. The Morgan fingerprint density at radius 3 is 2.07 bits per heavy atom. The highest BCUT2D eigenvalue weighted by molar-refractivity contribution is 5.97. The molecule has 2 aromatic carbocycles. The summed E-state index contributed by atoms with van der Waals surface area (Å²) in [5, 5.41) is 5.54. The van der Waals surface area contributed by atoms with Gasteiger partial charge < -0.3 is 15.5 Å². The summed E-state index contributed by atoms with van der Waals surface area (Å²) >= 11 is 0. The largest absolute Gasteiger partial charge is 0.375 e. The third-order valence-electron chi connectivity index (χ3n) is 4.92. The van der Waals surface area contributed by atoms with Crippen molar-refractivity contribution in [2.75, 3.05) is 31.6 Å². The van der Waals surface area contributed by atoms with Gasteiger partial charge in [0.05, 0.1) is 0 Å². The first-order valence-corrected chi connectivity index (χ1v) is 9.18.